The van der Waals surface area contributed by atoms with Crippen molar-refractivity contribution in [3.63, 3.8) is 0 Å². The van der Waals surface area contributed by atoms with Gasteiger partial charge in [0.2, 0.25) is 0 Å². The lowest BCUT2D eigenvalue weighted by atomic mass is 10.0. The zero-order valence-corrected chi connectivity index (χ0v) is 14.3. The highest BCUT2D eigenvalue weighted by molar-refractivity contribution is 6.04. The van der Waals surface area contributed by atoms with Gasteiger partial charge in [-0.25, -0.2) is 0 Å². The van der Waals surface area contributed by atoms with Gasteiger partial charge < -0.3 is 14.8 Å². The third kappa shape index (κ3) is 3.63. The topological polar surface area (TPSA) is 65.4 Å². The first kappa shape index (κ1) is 16.6. The molecule has 3 aromatic rings. The highest BCUT2D eigenvalue weighted by Gasteiger charge is 2.11. The molecule has 1 aromatic heterocycles. The highest BCUT2D eigenvalue weighted by atomic mass is 16.5. The first-order valence-corrected chi connectivity index (χ1v) is 7.73. The summed E-state index contributed by atoms with van der Waals surface area (Å²) >= 11 is 0. The van der Waals surface area contributed by atoms with Gasteiger partial charge in [0.1, 0.15) is 11.5 Å². The predicted molar refractivity (Wildman–Crippen MR) is 96.1 cm³/mol. The minimum absolute atomic E-state index is 0.209. The summed E-state index contributed by atoms with van der Waals surface area (Å²) in [5, 5.41) is 6.90. The van der Waals surface area contributed by atoms with E-state index in [1.807, 2.05) is 36.4 Å². The SMILES string of the molecule is COc1ccc(-c2cc(NC(=O)c3cnn(C)c3)ccc2OC)cc1. The normalized spacial score (nSPS) is 10.4. The van der Waals surface area contributed by atoms with E-state index in [1.165, 1.54) is 6.20 Å². The van der Waals surface area contributed by atoms with Crippen LogP contribution in [-0.2, 0) is 7.05 Å². The minimum atomic E-state index is -0.209. The summed E-state index contributed by atoms with van der Waals surface area (Å²) in [5.41, 5.74) is 3.04. The maximum Gasteiger partial charge on any atom is 0.258 e. The Hall–Kier alpha value is -3.28. The van der Waals surface area contributed by atoms with Crippen molar-refractivity contribution >= 4 is 11.6 Å². The average Bonchev–Trinajstić information content (AvgIpc) is 3.08. The van der Waals surface area contributed by atoms with Crippen molar-refractivity contribution in [2.24, 2.45) is 7.05 Å². The van der Waals surface area contributed by atoms with Crippen LogP contribution in [0, 0.1) is 0 Å². The van der Waals surface area contributed by atoms with Crippen LogP contribution in [0.4, 0.5) is 5.69 Å². The van der Waals surface area contributed by atoms with Crippen molar-refractivity contribution in [2.75, 3.05) is 19.5 Å². The van der Waals surface area contributed by atoms with Crippen LogP contribution in [0.1, 0.15) is 10.4 Å². The molecule has 3 rings (SSSR count). The molecule has 0 unspecified atom stereocenters. The van der Waals surface area contributed by atoms with E-state index in [0.717, 1.165) is 22.6 Å². The lowest BCUT2D eigenvalue weighted by molar-refractivity contribution is 0.102. The number of anilines is 1. The molecule has 2 aromatic carbocycles. The maximum atomic E-state index is 12.3. The lowest BCUT2D eigenvalue weighted by Gasteiger charge is -2.12. The standard InChI is InChI=1S/C19H19N3O3/c1-22-12-14(11-20-22)19(23)21-15-6-9-18(25-3)17(10-15)13-4-7-16(24-2)8-5-13/h4-12H,1-3H3,(H,21,23). The molecule has 0 fully saturated rings. The van der Waals surface area contributed by atoms with Gasteiger partial charge in [-0.15, -0.1) is 0 Å². The van der Waals surface area contributed by atoms with E-state index >= 15 is 0 Å². The number of nitrogens with zero attached hydrogens (tertiary/aromatic N) is 2. The minimum Gasteiger partial charge on any atom is -0.497 e. The number of methoxy groups -OCH3 is 2. The quantitative estimate of drug-likeness (QED) is 0.775. The van der Waals surface area contributed by atoms with Crippen LogP contribution in [-0.4, -0.2) is 29.9 Å². The third-order valence-electron chi connectivity index (χ3n) is 3.83. The highest BCUT2D eigenvalue weighted by Crippen LogP contribution is 2.33. The van der Waals surface area contributed by atoms with Crippen molar-refractivity contribution in [1.82, 2.24) is 9.78 Å². The molecule has 1 N–H and O–H groups in total. The van der Waals surface area contributed by atoms with Crippen LogP contribution < -0.4 is 14.8 Å². The second-order valence-corrected chi connectivity index (χ2v) is 5.50. The largest absolute Gasteiger partial charge is 0.497 e. The van der Waals surface area contributed by atoms with Gasteiger partial charge in [-0.1, -0.05) is 12.1 Å². The van der Waals surface area contributed by atoms with Crippen LogP contribution in [0.2, 0.25) is 0 Å². The molecule has 0 aliphatic rings. The number of ether oxygens (including phenoxy) is 2. The van der Waals surface area contributed by atoms with Crippen molar-refractivity contribution in [3.05, 3.63) is 60.4 Å². The van der Waals surface area contributed by atoms with Crippen molar-refractivity contribution < 1.29 is 14.3 Å². The Kier molecular flexibility index (Phi) is 4.70. The van der Waals surface area contributed by atoms with Crippen LogP contribution in [0.25, 0.3) is 11.1 Å². The molecule has 0 saturated heterocycles. The molecule has 0 saturated carbocycles. The summed E-state index contributed by atoms with van der Waals surface area (Å²) < 4.78 is 12.2. The zero-order chi connectivity index (χ0) is 17.8. The van der Waals surface area contributed by atoms with Crippen molar-refractivity contribution in [3.8, 4) is 22.6 Å². The van der Waals surface area contributed by atoms with Gasteiger partial charge in [0.15, 0.2) is 0 Å². The molecule has 0 radical (unpaired) electrons. The number of carbonyl (C=O) groups excluding carboxylic acids is 1. The molecule has 128 valence electrons. The fourth-order valence-electron chi connectivity index (χ4n) is 2.52. The second kappa shape index (κ2) is 7.09. The number of amides is 1. The first-order chi connectivity index (χ1) is 12.1. The molecule has 25 heavy (non-hydrogen) atoms. The zero-order valence-electron chi connectivity index (χ0n) is 14.3. The third-order valence-corrected chi connectivity index (χ3v) is 3.83. The summed E-state index contributed by atoms with van der Waals surface area (Å²) in [5.74, 6) is 1.30. The average molecular weight is 337 g/mol. The van der Waals surface area contributed by atoms with Gasteiger partial charge in [0, 0.05) is 24.5 Å². The number of aryl methyl sites for hydroxylation is 1. The summed E-state index contributed by atoms with van der Waals surface area (Å²) in [7, 11) is 5.02. The Bertz CT molecular complexity index is 885. The number of hydrogen-bond donors (Lipinski definition) is 1. The van der Waals surface area contributed by atoms with E-state index in [-0.39, 0.29) is 5.91 Å². The van der Waals surface area contributed by atoms with Crippen LogP contribution in [0.15, 0.2) is 54.9 Å². The van der Waals surface area contributed by atoms with Gasteiger partial charge in [-0.05, 0) is 35.9 Å². The summed E-state index contributed by atoms with van der Waals surface area (Å²) in [4.78, 5) is 12.3. The summed E-state index contributed by atoms with van der Waals surface area (Å²) in [6, 6.07) is 13.2. The fraction of sp³-hybridized carbons (Fsp3) is 0.158. The molecule has 0 atom stereocenters. The second-order valence-electron chi connectivity index (χ2n) is 5.50. The summed E-state index contributed by atoms with van der Waals surface area (Å²) in [6.45, 7) is 0. The molecule has 1 amide bonds. The fourth-order valence-corrected chi connectivity index (χ4v) is 2.52. The Morgan fingerprint density at radius 3 is 2.44 bits per heavy atom. The number of aromatic nitrogens is 2. The van der Waals surface area contributed by atoms with Crippen molar-refractivity contribution in [2.45, 2.75) is 0 Å². The molecular formula is C19H19N3O3. The Morgan fingerprint density at radius 1 is 1.08 bits per heavy atom. The van der Waals surface area contributed by atoms with Gasteiger partial charge in [0.25, 0.3) is 5.91 Å². The van der Waals surface area contributed by atoms with Crippen molar-refractivity contribution in [1.29, 1.82) is 0 Å². The van der Waals surface area contributed by atoms with E-state index < -0.39 is 0 Å². The molecule has 0 aliphatic heterocycles. The van der Waals surface area contributed by atoms with Crippen LogP contribution in [0.5, 0.6) is 11.5 Å². The molecule has 0 aliphatic carbocycles. The van der Waals surface area contributed by atoms with Crippen LogP contribution >= 0.6 is 0 Å². The van der Waals surface area contributed by atoms with E-state index in [4.69, 9.17) is 9.47 Å². The lowest BCUT2D eigenvalue weighted by Crippen LogP contribution is -2.11. The number of rotatable bonds is 5. The molecular weight excluding hydrogens is 318 g/mol. The van der Waals surface area contributed by atoms with Crippen LogP contribution in [0.3, 0.4) is 0 Å². The molecule has 0 bridgehead atoms. The molecule has 6 heteroatoms. The van der Waals surface area contributed by atoms with Gasteiger partial charge in [-0.3, -0.25) is 9.48 Å². The monoisotopic (exact) mass is 337 g/mol. The number of benzene rings is 2. The van der Waals surface area contributed by atoms with E-state index in [0.29, 0.717) is 11.3 Å². The Labute approximate surface area is 146 Å². The van der Waals surface area contributed by atoms with Gasteiger partial charge >= 0.3 is 0 Å². The van der Waals surface area contributed by atoms with Gasteiger partial charge in [0.05, 0.1) is 26.0 Å². The number of carbonyl (C=O) groups is 1. The summed E-state index contributed by atoms with van der Waals surface area (Å²) in [6.07, 6.45) is 3.20. The number of hydrogen-bond acceptors (Lipinski definition) is 4. The Balaban J connectivity index is 1.90. The molecule has 1 heterocycles. The smallest absolute Gasteiger partial charge is 0.258 e. The molecule has 0 spiro atoms. The van der Waals surface area contributed by atoms with E-state index in [2.05, 4.69) is 10.4 Å². The van der Waals surface area contributed by atoms with E-state index in [9.17, 15) is 4.79 Å². The predicted octanol–water partition coefficient (Wildman–Crippen LogP) is 3.36. The van der Waals surface area contributed by atoms with E-state index in [1.54, 1.807) is 38.2 Å². The molecule has 6 nitrogen and oxygen atoms in total. The Morgan fingerprint density at radius 2 is 1.84 bits per heavy atom. The van der Waals surface area contributed by atoms with Gasteiger partial charge in [-0.2, -0.15) is 5.10 Å². The maximum absolute atomic E-state index is 12.3. The first-order valence-electron chi connectivity index (χ1n) is 7.73. The number of nitrogens with one attached hydrogen (secondary N) is 1.